The fourth-order valence-electron chi connectivity index (χ4n) is 1.31. The summed E-state index contributed by atoms with van der Waals surface area (Å²) < 4.78 is 47.8. The zero-order valence-corrected chi connectivity index (χ0v) is 10.6. The third-order valence-corrected chi connectivity index (χ3v) is 5.02. The lowest BCUT2D eigenvalue weighted by molar-refractivity contribution is 0.134. The lowest BCUT2D eigenvalue weighted by atomic mass is 9.97. The molecule has 0 aliphatic carbocycles. The Kier molecular flexibility index (Phi) is 3.59. The van der Waals surface area contributed by atoms with Gasteiger partial charge in [0.15, 0.2) is 21.5 Å². The predicted molar refractivity (Wildman–Crippen MR) is 60.2 cm³/mol. The first kappa shape index (κ1) is 14.1. The van der Waals surface area contributed by atoms with Crippen molar-refractivity contribution in [2.24, 2.45) is 0 Å². The van der Waals surface area contributed by atoms with Gasteiger partial charge >= 0.3 is 0 Å². The van der Waals surface area contributed by atoms with Crippen LogP contribution < -0.4 is 0 Å². The second kappa shape index (κ2) is 4.34. The van der Waals surface area contributed by atoms with Gasteiger partial charge in [0.05, 0.1) is 4.75 Å². The van der Waals surface area contributed by atoms with Crippen molar-refractivity contribution in [1.29, 1.82) is 0 Å². The standard InChI is InChI=1S/C11H14F2O3S/c1-11(2,17(3,15)16)10(14)7-5-4-6-8(12)9(7)13/h4-6,10,14H,1-3H3. The van der Waals surface area contributed by atoms with Crippen LogP contribution >= 0.6 is 0 Å². The number of hydrogen-bond donors (Lipinski definition) is 1. The van der Waals surface area contributed by atoms with Crippen LogP contribution in [-0.4, -0.2) is 24.5 Å². The molecule has 0 radical (unpaired) electrons. The highest BCUT2D eigenvalue weighted by Gasteiger charge is 2.40. The molecular formula is C11H14F2O3S. The lowest BCUT2D eigenvalue weighted by Crippen LogP contribution is -2.38. The summed E-state index contributed by atoms with van der Waals surface area (Å²) in [5.41, 5.74) is -0.361. The number of benzene rings is 1. The van der Waals surface area contributed by atoms with Gasteiger partial charge in [-0.1, -0.05) is 12.1 Å². The van der Waals surface area contributed by atoms with Gasteiger partial charge in [0, 0.05) is 11.8 Å². The number of halogens is 2. The fourth-order valence-corrected chi connectivity index (χ4v) is 1.84. The molecule has 0 amide bonds. The summed E-state index contributed by atoms with van der Waals surface area (Å²) in [5.74, 6) is -2.34. The molecule has 6 heteroatoms. The largest absolute Gasteiger partial charge is 0.387 e. The maximum atomic E-state index is 13.4. The van der Waals surface area contributed by atoms with Crippen LogP contribution in [0.2, 0.25) is 0 Å². The van der Waals surface area contributed by atoms with Gasteiger partial charge in [-0.15, -0.1) is 0 Å². The molecule has 3 nitrogen and oxygen atoms in total. The van der Waals surface area contributed by atoms with Crippen molar-refractivity contribution < 1.29 is 22.3 Å². The Bertz CT molecular complexity index is 524. The van der Waals surface area contributed by atoms with Gasteiger partial charge in [0.1, 0.15) is 6.10 Å². The lowest BCUT2D eigenvalue weighted by Gasteiger charge is -2.29. The second-order valence-electron chi connectivity index (χ2n) is 4.42. The van der Waals surface area contributed by atoms with Crippen LogP contribution in [0.3, 0.4) is 0 Å². The van der Waals surface area contributed by atoms with Crippen LogP contribution in [0.5, 0.6) is 0 Å². The average Bonchev–Trinajstić information content (AvgIpc) is 2.19. The molecule has 1 N–H and O–H groups in total. The normalized spacial score (nSPS) is 14.7. The van der Waals surface area contributed by atoms with Crippen molar-refractivity contribution >= 4 is 9.84 Å². The van der Waals surface area contributed by atoms with Gasteiger partial charge in [0.25, 0.3) is 0 Å². The van der Waals surface area contributed by atoms with Crippen LogP contribution in [-0.2, 0) is 9.84 Å². The predicted octanol–water partition coefficient (Wildman–Crippen LogP) is 1.82. The van der Waals surface area contributed by atoms with Crippen LogP contribution in [0.1, 0.15) is 25.5 Å². The summed E-state index contributed by atoms with van der Waals surface area (Å²) in [7, 11) is -3.62. The molecular weight excluding hydrogens is 250 g/mol. The highest BCUT2D eigenvalue weighted by molar-refractivity contribution is 7.92. The molecule has 0 aromatic heterocycles. The minimum atomic E-state index is -3.62. The Morgan fingerprint density at radius 2 is 1.82 bits per heavy atom. The first-order valence-electron chi connectivity index (χ1n) is 4.90. The average molecular weight is 264 g/mol. The first-order valence-corrected chi connectivity index (χ1v) is 6.79. The molecule has 0 saturated heterocycles. The minimum Gasteiger partial charge on any atom is -0.387 e. The highest BCUT2D eigenvalue weighted by Crippen LogP contribution is 2.33. The zero-order valence-electron chi connectivity index (χ0n) is 9.74. The molecule has 1 aromatic rings. The Morgan fingerprint density at radius 1 is 1.29 bits per heavy atom. The highest BCUT2D eigenvalue weighted by atomic mass is 32.2. The van der Waals surface area contributed by atoms with E-state index in [0.717, 1.165) is 18.4 Å². The molecule has 0 aliphatic heterocycles. The Hall–Kier alpha value is -1.01. The third-order valence-electron chi connectivity index (χ3n) is 2.89. The van der Waals surface area contributed by atoms with Crippen LogP contribution in [0, 0.1) is 11.6 Å². The molecule has 0 bridgehead atoms. The Labute approximate surface area is 99.0 Å². The zero-order chi connectivity index (χ0) is 13.4. The molecule has 0 saturated carbocycles. The van der Waals surface area contributed by atoms with Crippen molar-refractivity contribution in [3.63, 3.8) is 0 Å². The van der Waals surface area contributed by atoms with Crippen molar-refractivity contribution in [1.82, 2.24) is 0 Å². The van der Waals surface area contributed by atoms with E-state index in [1.54, 1.807) is 0 Å². The third kappa shape index (κ3) is 2.47. The van der Waals surface area contributed by atoms with Gasteiger partial charge in [-0.3, -0.25) is 0 Å². The number of hydrogen-bond acceptors (Lipinski definition) is 3. The molecule has 1 rings (SSSR count). The summed E-state index contributed by atoms with van der Waals surface area (Å²) in [5, 5.41) is 9.90. The van der Waals surface area contributed by atoms with E-state index in [0.29, 0.717) is 0 Å². The van der Waals surface area contributed by atoms with Crippen LogP contribution in [0.25, 0.3) is 0 Å². The summed E-state index contributed by atoms with van der Waals surface area (Å²) in [6.45, 7) is 2.52. The smallest absolute Gasteiger partial charge is 0.164 e. The molecule has 1 atom stereocenters. The van der Waals surface area contributed by atoms with E-state index >= 15 is 0 Å². The van der Waals surface area contributed by atoms with E-state index in [1.165, 1.54) is 19.9 Å². The summed E-state index contributed by atoms with van der Waals surface area (Å²) in [6.07, 6.45) is -0.693. The molecule has 96 valence electrons. The first-order chi connectivity index (χ1) is 7.59. The summed E-state index contributed by atoms with van der Waals surface area (Å²) >= 11 is 0. The van der Waals surface area contributed by atoms with E-state index in [-0.39, 0.29) is 5.56 Å². The molecule has 1 aromatic carbocycles. The van der Waals surface area contributed by atoms with Gasteiger partial charge in [-0.2, -0.15) is 0 Å². The summed E-state index contributed by atoms with van der Waals surface area (Å²) in [6, 6.07) is 3.28. The fraction of sp³-hybridized carbons (Fsp3) is 0.455. The van der Waals surface area contributed by atoms with Crippen molar-refractivity contribution in [3.05, 3.63) is 35.4 Å². The quantitative estimate of drug-likeness (QED) is 0.906. The Balaban J connectivity index is 3.31. The van der Waals surface area contributed by atoms with Crippen LogP contribution in [0.15, 0.2) is 18.2 Å². The van der Waals surface area contributed by atoms with Gasteiger partial charge in [-0.05, 0) is 19.9 Å². The number of rotatable bonds is 3. The van der Waals surface area contributed by atoms with Crippen molar-refractivity contribution in [2.75, 3.05) is 6.26 Å². The topological polar surface area (TPSA) is 54.4 Å². The number of sulfone groups is 1. The molecule has 17 heavy (non-hydrogen) atoms. The number of aliphatic hydroxyl groups is 1. The maximum absolute atomic E-state index is 13.4. The van der Waals surface area contributed by atoms with Gasteiger partial charge in [-0.25, -0.2) is 17.2 Å². The van der Waals surface area contributed by atoms with Crippen LogP contribution in [0.4, 0.5) is 8.78 Å². The van der Waals surface area contributed by atoms with Crippen molar-refractivity contribution in [3.8, 4) is 0 Å². The van der Waals surface area contributed by atoms with E-state index in [1.807, 2.05) is 0 Å². The molecule has 0 heterocycles. The van der Waals surface area contributed by atoms with E-state index in [4.69, 9.17) is 0 Å². The van der Waals surface area contributed by atoms with Crippen molar-refractivity contribution in [2.45, 2.75) is 24.7 Å². The van der Waals surface area contributed by atoms with E-state index < -0.39 is 32.3 Å². The molecule has 0 spiro atoms. The van der Waals surface area contributed by atoms with E-state index in [9.17, 15) is 22.3 Å². The van der Waals surface area contributed by atoms with Gasteiger partial charge in [0.2, 0.25) is 0 Å². The SMILES string of the molecule is CC(C)(C(O)c1cccc(F)c1F)S(C)(=O)=O. The second-order valence-corrected chi connectivity index (χ2v) is 7.02. The number of aliphatic hydroxyl groups excluding tert-OH is 1. The molecule has 0 aliphatic rings. The van der Waals surface area contributed by atoms with E-state index in [2.05, 4.69) is 0 Å². The molecule has 1 unspecified atom stereocenters. The monoisotopic (exact) mass is 264 g/mol. The summed E-state index contributed by atoms with van der Waals surface area (Å²) in [4.78, 5) is 0. The minimum absolute atomic E-state index is 0.361. The maximum Gasteiger partial charge on any atom is 0.164 e. The molecule has 0 fully saturated rings. The van der Waals surface area contributed by atoms with Gasteiger partial charge < -0.3 is 5.11 Å². The Morgan fingerprint density at radius 3 is 2.29 bits per heavy atom.